The van der Waals surface area contributed by atoms with Crippen molar-refractivity contribution in [2.45, 2.75) is 25.8 Å². The van der Waals surface area contributed by atoms with E-state index in [1.807, 2.05) is 0 Å². The Balaban J connectivity index is 2.21. The summed E-state index contributed by atoms with van der Waals surface area (Å²) in [6.45, 7) is 3.90. The number of rotatable bonds is 6. The molecule has 1 heterocycles. The summed E-state index contributed by atoms with van der Waals surface area (Å²) >= 11 is 0. The molecule has 1 aliphatic rings. The van der Waals surface area contributed by atoms with Gasteiger partial charge >= 0.3 is 5.97 Å². The Bertz CT molecular complexity index is 264. The van der Waals surface area contributed by atoms with Gasteiger partial charge in [-0.2, -0.15) is 0 Å². The second-order valence-corrected chi connectivity index (χ2v) is 4.31. The lowest BCUT2D eigenvalue weighted by molar-refractivity contribution is -0.141. The largest absolute Gasteiger partial charge is 0.480 e. The van der Waals surface area contributed by atoms with Crippen molar-refractivity contribution >= 4 is 11.9 Å². The van der Waals surface area contributed by atoms with E-state index >= 15 is 0 Å². The van der Waals surface area contributed by atoms with E-state index in [0.717, 1.165) is 32.6 Å². The van der Waals surface area contributed by atoms with Gasteiger partial charge in [0.25, 0.3) is 0 Å². The summed E-state index contributed by atoms with van der Waals surface area (Å²) < 4.78 is 5.24. The first kappa shape index (κ1) is 13.9. The van der Waals surface area contributed by atoms with Gasteiger partial charge in [0.15, 0.2) is 0 Å². The van der Waals surface area contributed by atoms with Crippen LogP contribution >= 0.6 is 0 Å². The van der Waals surface area contributed by atoms with E-state index in [2.05, 4.69) is 10.6 Å². The summed E-state index contributed by atoms with van der Waals surface area (Å²) in [6, 6.07) is -0.854. The lowest BCUT2D eigenvalue weighted by Crippen LogP contribution is -2.47. The third-order valence-electron chi connectivity index (χ3n) is 2.80. The monoisotopic (exact) mass is 244 g/mol. The van der Waals surface area contributed by atoms with E-state index in [-0.39, 0.29) is 12.5 Å². The maximum atomic E-state index is 10.8. The molecule has 0 radical (unpaired) electrons. The van der Waals surface area contributed by atoms with Gasteiger partial charge in [0.2, 0.25) is 5.91 Å². The van der Waals surface area contributed by atoms with E-state index in [1.54, 1.807) is 0 Å². The Kier molecular flexibility index (Phi) is 5.93. The van der Waals surface area contributed by atoms with Crippen molar-refractivity contribution in [3.63, 3.8) is 0 Å². The molecule has 0 saturated carbocycles. The highest BCUT2D eigenvalue weighted by Gasteiger charge is 2.19. The summed E-state index contributed by atoms with van der Waals surface area (Å²) in [7, 11) is 0. The number of hydrogen-bond donors (Lipinski definition) is 3. The third kappa shape index (κ3) is 5.65. The summed E-state index contributed by atoms with van der Waals surface area (Å²) in [6.07, 6.45) is 2.01. The predicted octanol–water partition coefficient (Wildman–Crippen LogP) is -0.408. The van der Waals surface area contributed by atoms with Gasteiger partial charge in [0.1, 0.15) is 6.04 Å². The van der Waals surface area contributed by atoms with Crippen LogP contribution in [0.4, 0.5) is 0 Å². The fourth-order valence-electron chi connectivity index (χ4n) is 1.83. The predicted molar refractivity (Wildman–Crippen MR) is 61.7 cm³/mol. The van der Waals surface area contributed by atoms with Gasteiger partial charge in [0.05, 0.1) is 0 Å². The van der Waals surface area contributed by atoms with Crippen molar-refractivity contribution in [1.82, 2.24) is 10.6 Å². The van der Waals surface area contributed by atoms with Gasteiger partial charge in [-0.15, -0.1) is 0 Å². The standard InChI is InChI=1S/C11H20N2O4/c1-8(14)13-10(11(15)16)7-12-6-9-2-4-17-5-3-9/h9-10,12H,2-7H2,1H3,(H,13,14)(H,15,16). The molecule has 1 rings (SSSR count). The van der Waals surface area contributed by atoms with Crippen LogP contribution < -0.4 is 10.6 Å². The van der Waals surface area contributed by atoms with Crippen LogP contribution in [0.3, 0.4) is 0 Å². The first-order chi connectivity index (χ1) is 8.09. The van der Waals surface area contributed by atoms with Crippen LogP contribution in [0.1, 0.15) is 19.8 Å². The van der Waals surface area contributed by atoms with Gasteiger partial charge in [0, 0.05) is 26.7 Å². The quantitative estimate of drug-likeness (QED) is 0.591. The molecule has 0 aromatic heterocycles. The molecule has 0 aromatic carbocycles. The zero-order chi connectivity index (χ0) is 12.7. The van der Waals surface area contributed by atoms with Crippen LogP contribution in [0.15, 0.2) is 0 Å². The molecule has 0 aliphatic carbocycles. The Morgan fingerprint density at radius 2 is 2.06 bits per heavy atom. The van der Waals surface area contributed by atoms with E-state index in [9.17, 15) is 9.59 Å². The minimum absolute atomic E-state index is 0.256. The maximum Gasteiger partial charge on any atom is 0.327 e. The smallest absolute Gasteiger partial charge is 0.327 e. The molecule has 0 spiro atoms. The second-order valence-electron chi connectivity index (χ2n) is 4.31. The number of carbonyl (C=O) groups is 2. The first-order valence-corrected chi connectivity index (χ1v) is 5.88. The van der Waals surface area contributed by atoms with E-state index in [4.69, 9.17) is 9.84 Å². The van der Waals surface area contributed by atoms with E-state index in [1.165, 1.54) is 6.92 Å². The van der Waals surface area contributed by atoms with Crippen molar-refractivity contribution in [1.29, 1.82) is 0 Å². The van der Waals surface area contributed by atoms with Gasteiger partial charge < -0.3 is 20.5 Å². The van der Waals surface area contributed by atoms with Crippen LogP contribution in [0.25, 0.3) is 0 Å². The molecule has 1 atom stereocenters. The fraction of sp³-hybridized carbons (Fsp3) is 0.818. The lowest BCUT2D eigenvalue weighted by Gasteiger charge is -2.23. The highest BCUT2D eigenvalue weighted by molar-refractivity contribution is 5.82. The van der Waals surface area contributed by atoms with Gasteiger partial charge in [-0.1, -0.05) is 0 Å². The highest BCUT2D eigenvalue weighted by Crippen LogP contribution is 2.12. The Labute approximate surface area is 101 Å². The number of nitrogens with one attached hydrogen (secondary N) is 2. The molecule has 1 unspecified atom stereocenters. The molecule has 3 N–H and O–H groups in total. The third-order valence-corrected chi connectivity index (χ3v) is 2.80. The molecule has 17 heavy (non-hydrogen) atoms. The molecule has 1 saturated heterocycles. The zero-order valence-electron chi connectivity index (χ0n) is 10.1. The molecule has 0 bridgehead atoms. The summed E-state index contributed by atoms with van der Waals surface area (Å²) in [4.78, 5) is 21.6. The minimum atomic E-state index is -1.01. The Morgan fingerprint density at radius 1 is 1.41 bits per heavy atom. The number of carboxylic acids is 1. The molecule has 1 amide bonds. The van der Waals surface area contributed by atoms with Crippen molar-refractivity contribution in [3.8, 4) is 0 Å². The van der Waals surface area contributed by atoms with Crippen LogP contribution in [0.5, 0.6) is 0 Å². The zero-order valence-corrected chi connectivity index (χ0v) is 10.1. The number of carbonyl (C=O) groups excluding carboxylic acids is 1. The average Bonchev–Trinajstić information content (AvgIpc) is 2.28. The maximum absolute atomic E-state index is 10.8. The van der Waals surface area contributed by atoms with Crippen molar-refractivity contribution < 1.29 is 19.4 Å². The van der Waals surface area contributed by atoms with Crippen LogP contribution in [-0.4, -0.2) is 49.3 Å². The second kappa shape index (κ2) is 7.24. The van der Waals surface area contributed by atoms with E-state index in [0.29, 0.717) is 5.92 Å². The first-order valence-electron chi connectivity index (χ1n) is 5.88. The number of ether oxygens (including phenoxy) is 1. The SMILES string of the molecule is CC(=O)NC(CNCC1CCOCC1)C(=O)O. The van der Waals surface area contributed by atoms with Crippen LogP contribution in [0, 0.1) is 5.92 Å². The van der Waals surface area contributed by atoms with Crippen molar-refractivity contribution in [3.05, 3.63) is 0 Å². The molecule has 6 nitrogen and oxygen atoms in total. The minimum Gasteiger partial charge on any atom is -0.480 e. The van der Waals surface area contributed by atoms with Gasteiger partial charge in [-0.25, -0.2) is 4.79 Å². The number of amides is 1. The van der Waals surface area contributed by atoms with Crippen LogP contribution in [-0.2, 0) is 14.3 Å². The van der Waals surface area contributed by atoms with E-state index < -0.39 is 12.0 Å². The number of hydrogen-bond acceptors (Lipinski definition) is 4. The Morgan fingerprint density at radius 3 is 2.59 bits per heavy atom. The summed E-state index contributed by atoms with van der Waals surface area (Å²) in [5, 5.41) is 14.4. The Hall–Kier alpha value is -1.14. The van der Waals surface area contributed by atoms with Gasteiger partial charge in [-0.3, -0.25) is 4.79 Å². The molecular weight excluding hydrogens is 224 g/mol. The number of carboxylic acid groups (broad SMARTS) is 1. The average molecular weight is 244 g/mol. The summed E-state index contributed by atoms with van der Waals surface area (Å²) in [5.74, 6) is -0.805. The molecule has 6 heteroatoms. The van der Waals surface area contributed by atoms with Crippen LogP contribution in [0.2, 0.25) is 0 Å². The molecule has 1 aliphatic heterocycles. The number of aliphatic carboxylic acids is 1. The summed E-state index contributed by atoms with van der Waals surface area (Å²) in [5.41, 5.74) is 0. The molecule has 1 fully saturated rings. The molecule has 0 aromatic rings. The highest BCUT2D eigenvalue weighted by atomic mass is 16.5. The molecule has 98 valence electrons. The van der Waals surface area contributed by atoms with Gasteiger partial charge in [-0.05, 0) is 25.3 Å². The van der Waals surface area contributed by atoms with Crippen molar-refractivity contribution in [2.24, 2.45) is 5.92 Å². The lowest BCUT2D eigenvalue weighted by atomic mass is 10.0. The van der Waals surface area contributed by atoms with Crippen molar-refractivity contribution in [2.75, 3.05) is 26.3 Å². The fourth-order valence-corrected chi connectivity index (χ4v) is 1.83. The topological polar surface area (TPSA) is 87.7 Å². The molecular formula is C11H20N2O4. The normalized spacial score (nSPS) is 18.6.